The number of unbranched alkanes of at least 4 members (excludes halogenated alkanes) is 5. The summed E-state index contributed by atoms with van der Waals surface area (Å²) in [5.74, 6) is 2.98. The van der Waals surface area contributed by atoms with E-state index in [1.807, 2.05) is 0 Å². The Bertz CT molecular complexity index is 708. The van der Waals surface area contributed by atoms with Gasteiger partial charge in [0.05, 0.1) is 5.69 Å². The second-order valence-corrected chi connectivity index (χ2v) is 11.1. The predicted octanol–water partition coefficient (Wildman–Crippen LogP) is 9.75. The normalized spacial score (nSPS) is 26.2. The van der Waals surface area contributed by atoms with E-state index in [-0.39, 0.29) is 5.82 Å². The molecule has 0 aromatic heterocycles. The van der Waals surface area contributed by atoms with Crippen LogP contribution in [0.4, 0.5) is 10.1 Å². The molecule has 2 aliphatic carbocycles. The van der Waals surface area contributed by atoms with Crippen LogP contribution in [-0.2, 0) is 6.42 Å². The van der Waals surface area contributed by atoms with Crippen LogP contribution in [0.1, 0.15) is 134 Å². The van der Waals surface area contributed by atoms with Crippen molar-refractivity contribution in [2.45, 2.75) is 129 Å². The van der Waals surface area contributed by atoms with Crippen LogP contribution in [0.5, 0.6) is 0 Å². The van der Waals surface area contributed by atoms with Crippen LogP contribution in [0.25, 0.3) is 0 Å². The average Bonchev–Trinajstić information content (AvgIpc) is 2.85. The Labute approximate surface area is 203 Å². The van der Waals surface area contributed by atoms with Crippen molar-refractivity contribution in [2.75, 3.05) is 5.73 Å². The lowest BCUT2D eigenvalue weighted by molar-refractivity contribution is 0.156. The summed E-state index contributed by atoms with van der Waals surface area (Å²) in [5, 5.41) is 0. The lowest BCUT2D eigenvalue weighted by Gasteiger charge is -2.38. The molecular weight excluding hydrogens is 405 g/mol. The molecular formula is C31H50FN. The minimum absolute atomic E-state index is 0.108. The molecule has 2 aliphatic rings. The van der Waals surface area contributed by atoms with Crippen LogP contribution in [0.3, 0.4) is 0 Å². The average molecular weight is 456 g/mol. The van der Waals surface area contributed by atoms with E-state index in [2.05, 4.69) is 38.1 Å². The van der Waals surface area contributed by atoms with E-state index in [0.29, 0.717) is 11.6 Å². The maximum atomic E-state index is 15.2. The molecule has 2 saturated carbocycles. The van der Waals surface area contributed by atoms with Gasteiger partial charge in [0.1, 0.15) is 5.82 Å². The Kier molecular flexibility index (Phi) is 11.3. The topological polar surface area (TPSA) is 26.0 Å². The molecule has 0 saturated heterocycles. The molecule has 0 atom stereocenters. The van der Waals surface area contributed by atoms with Gasteiger partial charge >= 0.3 is 0 Å². The van der Waals surface area contributed by atoms with Crippen molar-refractivity contribution in [1.29, 1.82) is 0 Å². The second-order valence-electron chi connectivity index (χ2n) is 11.1. The number of aryl methyl sites for hydroxylation is 1. The third-order valence-electron chi connectivity index (χ3n) is 8.85. The zero-order valence-corrected chi connectivity index (χ0v) is 21.6. The zero-order valence-electron chi connectivity index (χ0n) is 21.6. The molecule has 0 unspecified atom stereocenters. The number of rotatable bonds is 12. The minimum atomic E-state index is -0.108. The Morgan fingerprint density at radius 1 is 0.879 bits per heavy atom. The minimum Gasteiger partial charge on any atom is -0.396 e. The van der Waals surface area contributed by atoms with Gasteiger partial charge in [0, 0.05) is 0 Å². The summed E-state index contributed by atoms with van der Waals surface area (Å²) in [6, 6.07) is 4.19. The number of nitrogens with two attached hydrogens (primary N) is 1. The van der Waals surface area contributed by atoms with E-state index in [1.54, 1.807) is 0 Å². The van der Waals surface area contributed by atoms with Crippen LogP contribution in [0.15, 0.2) is 24.3 Å². The SMILES string of the molecule is C/C=C/CCC1CCC(C2CCC(c3ccc(CCCCCCCC)c(N)c3F)CC2)CC1. The van der Waals surface area contributed by atoms with Crippen LogP contribution in [-0.4, -0.2) is 0 Å². The van der Waals surface area contributed by atoms with Gasteiger partial charge in [0.25, 0.3) is 0 Å². The van der Waals surface area contributed by atoms with Gasteiger partial charge in [-0.15, -0.1) is 0 Å². The van der Waals surface area contributed by atoms with Gasteiger partial charge in [0.2, 0.25) is 0 Å². The van der Waals surface area contributed by atoms with Gasteiger partial charge in [-0.2, -0.15) is 0 Å². The molecule has 3 rings (SSSR count). The van der Waals surface area contributed by atoms with Gasteiger partial charge in [-0.1, -0.05) is 76.2 Å². The number of hydrogen-bond acceptors (Lipinski definition) is 1. The summed E-state index contributed by atoms with van der Waals surface area (Å²) in [6.45, 7) is 4.37. The molecule has 0 amide bonds. The summed E-state index contributed by atoms with van der Waals surface area (Å²) < 4.78 is 15.2. The van der Waals surface area contributed by atoms with Crippen molar-refractivity contribution >= 4 is 5.69 Å². The Hall–Kier alpha value is -1.31. The lowest BCUT2D eigenvalue weighted by Crippen LogP contribution is -2.25. The Balaban J connectivity index is 1.43. The molecule has 2 N–H and O–H groups in total. The summed E-state index contributed by atoms with van der Waals surface area (Å²) >= 11 is 0. The van der Waals surface area contributed by atoms with Crippen molar-refractivity contribution in [1.82, 2.24) is 0 Å². The molecule has 2 fully saturated rings. The van der Waals surface area contributed by atoms with E-state index in [1.165, 1.54) is 83.5 Å². The van der Waals surface area contributed by atoms with Crippen molar-refractivity contribution in [3.8, 4) is 0 Å². The predicted molar refractivity (Wildman–Crippen MR) is 142 cm³/mol. The summed E-state index contributed by atoms with van der Waals surface area (Å²) in [7, 11) is 0. The molecule has 2 heteroatoms. The zero-order chi connectivity index (χ0) is 23.5. The summed E-state index contributed by atoms with van der Waals surface area (Å²) in [5.41, 5.74) is 8.62. The van der Waals surface area contributed by atoms with E-state index >= 15 is 4.39 Å². The third-order valence-corrected chi connectivity index (χ3v) is 8.85. The maximum Gasteiger partial charge on any atom is 0.149 e. The van der Waals surface area contributed by atoms with Crippen molar-refractivity contribution in [3.05, 3.63) is 41.2 Å². The third kappa shape index (κ3) is 7.86. The van der Waals surface area contributed by atoms with Gasteiger partial charge in [-0.05, 0) is 106 Å². The van der Waals surface area contributed by atoms with Gasteiger partial charge < -0.3 is 5.73 Å². The highest BCUT2D eigenvalue weighted by Gasteiger charge is 2.32. The van der Waals surface area contributed by atoms with Gasteiger partial charge in [-0.3, -0.25) is 0 Å². The number of halogens is 1. The second kappa shape index (κ2) is 14.2. The number of benzene rings is 1. The first-order valence-corrected chi connectivity index (χ1v) is 14.3. The van der Waals surface area contributed by atoms with E-state index in [0.717, 1.165) is 54.6 Å². The van der Waals surface area contributed by atoms with Gasteiger partial charge in [0.15, 0.2) is 0 Å². The molecule has 0 radical (unpaired) electrons. The first-order valence-electron chi connectivity index (χ1n) is 14.3. The first-order chi connectivity index (χ1) is 16.1. The molecule has 0 aliphatic heterocycles. The Morgan fingerprint density at radius 3 is 2.18 bits per heavy atom. The van der Waals surface area contributed by atoms with Crippen LogP contribution < -0.4 is 5.73 Å². The summed E-state index contributed by atoms with van der Waals surface area (Å²) in [4.78, 5) is 0. The molecule has 33 heavy (non-hydrogen) atoms. The van der Waals surface area contributed by atoms with E-state index in [9.17, 15) is 0 Å². The van der Waals surface area contributed by atoms with E-state index in [4.69, 9.17) is 5.73 Å². The highest BCUT2D eigenvalue weighted by molar-refractivity contribution is 5.52. The molecule has 1 aromatic carbocycles. The highest BCUT2D eigenvalue weighted by atomic mass is 19.1. The van der Waals surface area contributed by atoms with Crippen molar-refractivity contribution < 1.29 is 4.39 Å². The lowest BCUT2D eigenvalue weighted by atomic mass is 9.68. The monoisotopic (exact) mass is 455 g/mol. The van der Waals surface area contributed by atoms with Crippen LogP contribution >= 0.6 is 0 Å². The number of hydrogen-bond donors (Lipinski definition) is 1. The van der Waals surface area contributed by atoms with E-state index < -0.39 is 0 Å². The highest BCUT2D eigenvalue weighted by Crippen LogP contribution is 2.45. The maximum absolute atomic E-state index is 15.2. The molecule has 1 nitrogen and oxygen atoms in total. The smallest absolute Gasteiger partial charge is 0.149 e. The summed E-state index contributed by atoms with van der Waals surface area (Å²) in [6.07, 6.45) is 26.1. The first kappa shape index (κ1) is 26.3. The van der Waals surface area contributed by atoms with Crippen LogP contribution in [0, 0.1) is 23.6 Å². The Morgan fingerprint density at radius 2 is 1.52 bits per heavy atom. The molecule has 0 bridgehead atoms. The van der Waals surface area contributed by atoms with Crippen molar-refractivity contribution in [2.24, 2.45) is 17.8 Å². The standard InChI is InChI=1S/C31H50FN/c1-3-5-7-8-9-11-13-28-22-23-29(30(32)31(28)33)27-20-18-26(19-21-27)25-16-14-24(15-17-25)12-10-6-4-2/h4,6,22-27H,3,5,7-21,33H2,1-2H3/b6-4+. The number of allylic oxidation sites excluding steroid dienone is 2. The fourth-order valence-corrected chi connectivity index (χ4v) is 6.63. The molecule has 0 spiro atoms. The van der Waals surface area contributed by atoms with Crippen LogP contribution in [0.2, 0.25) is 0 Å². The fraction of sp³-hybridized carbons (Fsp3) is 0.742. The quantitative estimate of drug-likeness (QED) is 0.189. The van der Waals surface area contributed by atoms with Gasteiger partial charge in [-0.25, -0.2) is 4.39 Å². The number of anilines is 1. The van der Waals surface area contributed by atoms with Crippen molar-refractivity contribution in [3.63, 3.8) is 0 Å². The fourth-order valence-electron chi connectivity index (χ4n) is 6.63. The molecule has 1 aromatic rings. The number of nitrogen functional groups attached to an aromatic ring is 1. The largest absolute Gasteiger partial charge is 0.396 e. The molecule has 186 valence electrons. The molecule has 0 heterocycles.